The maximum Gasteiger partial charge on any atom is 0.407 e. The highest BCUT2D eigenvalue weighted by molar-refractivity contribution is 5.79. The van der Waals surface area contributed by atoms with Crippen molar-refractivity contribution in [3.8, 4) is 11.1 Å². The third kappa shape index (κ3) is 6.59. The molecule has 2 amide bonds. The van der Waals surface area contributed by atoms with Crippen LogP contribution in [0.4, 0.5) is 4.79 Å². The van der Waals surface area contributed by atoms with E-state index in [1.807, 2.05) is 24.3 Å². The minimum Gasteiger partial charge on any atom is -0.481 e. The first-order chi connectivity index (χ1) is 16.4. The van der Waals surface area contributed by atoms with E-state index in [-0.39, 0.29) is 31.4 Å². The Labute approximate surface area is 201 Å². The number of nitrogens with zero attached hydrogens (tertiary/aromatic N) is 1. The molecule has 2 aromatic rings. The van der Waals surface area contributed by atoms with Crippen molar-refractivity contribution in [1.29, 1.82) is 0 Å². The fourth-order valence-corrected chi connectivity index (χ4v) is 4.49. The van der Waals surface area contributed by atoms with Gasteiger partial charge in [-0.3, -0.25) is 9.59 Å². The average Bonchev–Trinajstić information content (AvgIpc) is 3.16. The number of carboxylic acids is 1. The summed E-state index contributed by atoms with van der Waals surface area (Å²) in [5.74, 6) is -0.633. The molecule has 0 aromatic heterocycles. The van der Waals surface area contributed by atoms with Crippen LogP contribution >= 0.6 is 0 Å². The van der Waals surface area contributed by atoms with E-state index in [2.05, 4.69) is 36.5 Å². The van der Waals surface area contributed by atoms with Gasteiger partial charge in [0.15, 0.2) is 0 Å². The van der Waals surface area contributed by atoms with E-state index in [0.717, 1.165) is 12.8 Å². The zero-order valence-corrected chi connectivity index (χ0v) is 20.0. The molecule has 2 N–H and O–H groups in total. The van der Waals surface area contributed by atoms with Crippen LogP contribution in [0, 0.1) is 5.92 Å². The lowest BCUT2D eigenvalue weighted by Crippen LogP contribution is -2.30. The van der Waals surface area contributed by atoms with Crippen molar-refractivity contribution in [2.45, 2.75) is 44.9 Å². The topological polar surface area (TPSA) is 95.9 Å². The summed E-state index contributed by atoms with van der Waals surface area (Å²) in [6.07, 6.45) is 2.26. The van der Waals surface area contributed by atoms with Gasteiger partial charge in [-0.1, -0.05) is 61.9 Å². The Kier molecular flexibility index (Phi) is 9.08. The van der Waals surface area contributed by atoms with E-state index in [1.54, 1.807) is 7.05 Å². The van der Waals surface area contributed by atoms with Crippen molar-refractivity contribution in [2.75, 3.05) is 26.7 Å². The van der Waals surface area contributed by atoms with Gasteiger partial charge in [0, 0.05) is 32.5 Å². The fourth-order valence-electron chi connectivity index (χ4n) is 4.49. The Morgan fingerprint density at radius 2 is 1.62 bits per heavy atom. The number of hydrogen-bond acceptors (Lipinski definition) is 4. The average molecular weight is 467 g/mol. The summed E-state index contributed by atoms with van der Waals surface area (Å²) < 4.78 is 5.57. The summed E-state index contributed by atoms with van der Waals surface area (Å²) in [4.78, 5) is 36.6. The van der Waals surface area contributed by atoms with Gasteiger partial charge in [-0.05, 0) is 41.0 Å². The van der Waals surface area contributed by atoms with Gasteiger partial charge in [-0.2, -0.15) is 0 Å². The van der Waals surface area contributed by atoms with Crippen LogP contribution in [0.1, 0.15) is 56.1 Å². The second-order valence-electron chi connectivity index (χ2n) is 8.81. The van der Waals surface area contributed by atoms with Crippen molar-refractivity contribution in [3.63, 3.8) is 0 Å². The summed E-state index contributed by atoms with van der Waals surface area (Å²) >= 11 is 0. The van der Waals surface area contributed by atoms with E-state index >= 15 is 0 Å². The molecular weight excluding hydrogens is 432 g/mol. The number of carbonyl (C=O) groups excluding carboxylic acids is 2. The Balaban J connectivity index is 1.40. The molecular formula is C27H34N2O5. The number of aliphatic carboxylic acids is 1. The largest absolute Gasteiger partial charge is 0.481 e. The highest BCUT2D eigenvalue weighted by Crippen LogP contribution is 2.44. The Hall–Kier alpha value is -3.35. The minimum atomic E-state index is -0.912. The predicted octanol–water partition coefficient (Wildman–Crippen LogP) is 4.65. The van der Waals surface area contributed by atoms with E-state index in [9.17, 15) is 14.4 Å². The third-order valence-corrected chi connectivity index (χ3v) is 6.60. The number of carboxylic acid groups (broad SMARTS) is 1. The van der Waals surface area contributed by atoms with Crippen LogP contribution in [0.25, 0.3) is 11.1 Å². The third-order valence-electron chi connectivity index (χ3n) is 6.60. The Morgan fingerprint density at radius 1 is 1.00 bits per heavy atom. The van der Waals surface area contributed by atoms with Gasteiger partial charge in [-0.25, -0.2) is 4.79 Å². The zero-order valence-electron chi connectivity index (χ0n) is 20.0. The summed E-state index contributed by atoms with van der Waals surface area (Å²) in [6.45, 7) is 3.05. The van der Waals surface area contributed by atoms with E-state index in [1.165, 1.54) is 27.2 Å². The van der Waals surface area contributed by atoms with E-state index in [0.29, 0.717) is 25.3 Å². The fraction of sp³-hybridized carbons (Fsp3) is 0.444. The van der Waals surface area contributed by atoms with Crippen molar-refractivity contribution < 1.29 is 24.2 Å². The van der Waals surface area contributed by atoms with Gasteiger partial charge in [0.25, 0.3) is 0 Å². The Morgan fingerprint density at radius 3 is 2.21 bits per heavy atom. The van der Waals surface area contributed by atoms with Crippen LogP contribution in [0.5, 0.6) is 0 Å². The number of fused-ring (bicyclic) bond motifs is 3. The molecule has 182 valence electrons. The van der Waals surface area contributed by atoms with Crippen LogP contribution in [0.2, 0.25) is 0 Å². The lowest BCUT2D eigenvalue weighted by molar-refractivity contribution is -0.138. The van der Waals surface area contributed by atoms with Crippen molar-refractivity contribution >= 4 is 18.0 Å². The molecule has 0 saturated heterocycles. The lowest BCUT2D eigenvalue weighted by Gasteiger charge is -2.19. The van der Waals surface area contributed by atoms with Crippen LogP contribution in [-0.2, 0) is 14.3 Å². The van der Waals surface area contributed by atoms with Crippen LogP contribution in [0.15, 0.2) is 48.5 Å². The van der Waals surface area contributed by atoms with Gasteiger partial charge in [0.1, 0.15) is 6.61 Å². The van der Waals surface area contributed by atoms with Gasteiger partial charge in [0.2, 0.25) is 5.91 Å². The standard InChI is InChI=1S/C27H34N2O5/c1-3-19(12-13-25(30)29(2)17-15-26(31)32)14-16-28-27(33)34-18-24-22-10-6-4-8-20(22)21-9-5-7-11-23(21)24/h4-11,19,24H,3,12-18H2,1-2H3,(H,28,33)(H,31,32). The molecule has 7 heteroatoms. The summed E-state index contributed by atoms with van der Waals surface area (Å²) in [6, 6.07) is 16.5. The van der Waals surface area contributed by atoms with Crippen molar-refractivity contribution in [1.82, 2.24) is 10.2 Å². The number of benzene rings is 2. The molecule has 0 fully saturated rings. The number of carbonyl (C=O) groups is 3. The smallest absolute Gasteiger partial charge is 0.407 e. The van der Waals surface area contributed by atoms with Gasteiger partial charge < -0.3 is 20.1 Å². The SMILES string of the molecule is CCC(CCNC(=O)OCC1c2ccccc2-c2ccccc21)CCC(=O)N(C)CCC(=O)O. The molecule has 34 heavy (non-hydrogen) atoms. The molecule has 1 unspecified atom stereocenters. The van der Waals surface area contributed by atoms with Crippen molar-refractivity contribution in [3.05, 3.63) is 59.7 Å². The molecule has 7 nitrogen and oxygen atoms in total. The molecule has 0 bridgehead atoms. The molecule has 3 rings (SSSR count). The molecule has 0 heterocycles. The molecule has 1 aliphatic carbocycles. The number of ether oxygens (including phenoxy) is 1. The monoisotopic (exact) mass is 466 g/mol. The second-order valence-corrected chi connectivity index (χ2v) is 8.81. The first-order valence-corrected chi connectivity index (χ1v) is 11.9. The first kappa shape index (κ1) is 25.3. The summed E-state index contributed by atoms with van der Waals surface area (Å²) in [5, 5.41) is 11.6. The van der Waals surface area contributed by atoms with Crippen LogP contribution in [0.3, 0.4) is 0 Å². The highest BCUT2D eigenvalue weighted by Gasteiger charge is 2.29. The first-order valence-electron chi connectivity index (χ1n) is 11.9. The number of amides is 2. The predicted molar refractivity (Wildman–Crippen MR) is 131 cm³/mol. The molecule has 0 radical (unpaired) electrons. The van der Waals surface area contributed by atoms with Crippen LogP contribution < -0.4 is 5.32 Å². The number of alkyl carbamates (subject to hydrolysis) is 1. The summed E-state index contributed by atoms with van der Waals surface area (Å²) in [5.41, 5.74) is 4.75. The summed E-state index contributed by atoms with van der Waals surface area (Å²) in [7, 11) is 1.63. The van der Waals surface area contributed by atoms with Gasteiger partial charge in [0.05, 0.1) is 6.42 Å². The molecule has 1 atom stereocenters. The molecule has 1 aliphatic rings. The quantitative estimate of drug-likeness (QED) is 0.475. The second kappa shape index (κ2) is 12.2. The number of nitrogens with one attached hydrogen (secondary N) is 1. The van der Waals surface area contributed by atoms with Gasteiger partial charge in [-0.15, -0.1) is 0 Å². The van der Waals surface area contributed by atoms with Crippen molar-refractivity contribution in [2.24, 2.45) is 5.92 Å². The Bertz CT molecular complexity index is 961. The van der Waals surface area contributed by atoms with E-state index < -0.39 is 12.1 Å². The molecule has 0 saturated carbocycles. The number of rotatable bonds is 12. The lowest BCUT2D eigenvalue weighted by atomic mass is 9.96. The van der Waals surface area contributed by atoms with Crippen LogP contribution in [-0.4, -0.2) is 54.7 Å². The maximum atomic E-state index is 12.3. The molecule has 0 aliphatic heterocycles. The van der Waals surface area contributed by atoms with Gasteiger partial charge >= 0.3 is 12.1 Å². The highest BCUT2D eigenvalue weighted by atomic mass is 16.5. The maximum absolute atomic E-state index is 12.3. The molecule has 2 aromatic carbocycles. The molecule has 0 spiro atoms. The normalized spacial score (nSPS) is 13.0. The minimum absolute atomic E-state index is 0.0330. The number of hydrogen-bond donors (Lipinski definition) is 2. The zero-order chi connectivity index (χ0) is 24.5. The van der Waals surface area contributed by atoms with E-state index in [4.69, 9.17) is 9.84 Å².